The van der Waals surface area contributed by atoms with E-state index in [9.17, 15) is 25.4 Å². The molecule has 0 spiro atoms. The van der Waals surface area contributed by atoms with Crippen molar-refractivity contribution in [2.75, 3.05) is 6.61 Å². The van der Waals surface area contributed by atoms with E-state index in [-0.39, 0.29) is 18.0 Å². The number of non-ortho nitro benzene ring substituents is 1. The van der Waals surface area contributed by atoms with Gasteiger partial charge in [-0.1, -0.05) is 0 Å². The number of hydrogen-bond acceptors (Lipinski definition) is 7. The summed E-state index contributed by atoms with van der Waals surface area (Å²) in [4.78, 5) is 9.93. The standard InChI is InChI=1S/C11H13NO7/c13-8-5-18-11(10(15)9(8)14)19-7-3-1-6(2-4-7)12(16)17/h1-4,8-11,13-15H,5H2/t8-,9-,10+,11?/m1/s1. The summed E-state index contributed by atoms with van der Waals surface area (Å²) in [6, 6.07) is 5.20. The molecule has 2 rings (SSSR count). The Morgan fingerprint density at radius 3 is 2.42 bits per heavy atom. The van der Waals surface area contributed by atoms with Crippen LogP contribution in [0.25, 0.3) is 0 Å². The van der Waals surface area contributed by atoms with Crippen molar-refractivity contribution < 1.29 is 29.7 Å². The van der Waals surface area contributed by atoms with E-state index in [1.165, 1.54) is 24.3 Å². The minimum Gasteiger partial charge on any atom is -0.462 e. The molecule has 0 aliphatic carbocycles. The molecule has 1 heterocycles. The summed E-state index contributed by atoms with van der Waals surface area (Å²) in [6.07, 6.45) is -5.08. The molecule has 8 nitrogen and oxygen atoms in total. The third-order valence-electron chi connectivity index (χ3n) is 2.75. The Hall–Kier alpha value is -1.74. The van der Waals surface area contributed by atoms with Gasteiger partial charge in [0.15, 0.2) is 0 Å². The number of hydrogen-bond donors (Lipinski definition) is 3. The van der Waals surface area contributed by atoms with Crippen molar-refractivity contribution in [3.63, 3.8) is 0 Å². The molecule has 0 aromatic heterocycles. The van der Waals surface area contributed by atoms with Crippen molar-refractivity contribution in [3.8, 4) is 5.75 Å². The lowest BCUT2D eigenvalue weighted by atomic mass is 10.1. The maximum atomic E-state index is 10.5. The molecule has 0 radical (unpaired) electrons. The molecular weight excluding hydrogens is 258 g/mol. The molecule has 0 saturated carbocycles. The van der Waals surface area contributed by atoms with E-state index < -0.39 is 29.5 Å². The van der Waals surface area contributed by atoms with E-state index in [1.807, 2.05) is 0 Å². The van der Waals surface area contributed by atoms with E-state index in [4.69, 9.17) is 9.47 Å². The minimum atomic E-state index is -1.40. The largest absolute Gasteiger partial charge is 0.462 e. The zero-order valence-electron chi connectivity index (χ0n) is 9.75. The summed E-state index contributed by atoms with van der Waals surface area (Å²) in [5.41, 5.74) is -0.0899. The minimum absolute atomic E-state index is 0.0899. The Labute approximate surface area is 108 Å². The monoisotopic (exact) mass is 271 g/mol. The summed E-state index contributed by atoms with van der Waals surface area (Å²) in [6.45, 7) is -0.171. The number of benzene rings is 1. The molecule has 1 aliphatic rings. The Morgan fingerprint density at radius 2 is 1.84 bits per heavy atom. The van der Waals surface area contributed by atoms with E-state index in [1.54, 1.807) is 0 Å². The fourth-order valence-corrected chi connectivity index (χ4v) is 1.66. The number of nitro groups is 1. The predicted molar refractivity (Wildman–Crippen MR) is 61.5 cm³/mol. The Bertz CT molecular complexity index is 449. The van der Waals surface area contributed by atoms with Gasteiger partial charge in [0.25, 0.3) is 5.69 Å². The van der Waals surface area contributed by atoms with Gasteiger partial charge in [-0.3, -0.25) is 10.1 Å². The first-order valence-corrected chi connectivity index (χ1v) is 5.56. The van der Waals surface area contributed by atoms with E-state index >= 15 is 0 Å². The maximum absolute atomic E-state index is 10.5. The van der Waals surface area contributed by atoms with E-state index in [0.717, 1.165) is 0 Å². The number of ether oxygens (including phenoxy) is 2. The zero-order valence-corrected chi connectivity index (χ0v) is 9.75. The van der Waals surface area contributed by atoms with Gasteiger partial charge < -0.3 is 24.8 Å². The van der Waals surface area contributed by atoms with Gasteiger partial charge in [-0.2, -0.15) is 0 Å². The first-order chi connectivity index (χ1) is 8.99. The summed E-state index contributed by atoms with van der Waals surface area (Å²) in [5, 5.41) is 38.8. The Morgan fingerprint density at radius 1 is 1.21 bits per heavy atom. The van der Waals surface area contributed by atoms with Crippen LogP contribution in [0, 0.1) is 10.1 Å². The van der Waals surface area contributed by atoms with Crippen molar-refractivity contribution in [2.24, 2.45) is 0 Å². The fourth-order valence-electron chi connectivity index (χ4n) is 1.66. The second-order valence-electron chi connectivity index (χ2n) is 4.12. The zero-order chi connectivity index (χ0) is 14.0. The summed E-state index contributed by atoms with van der Waals surface area (Å²) >= 11 is 0. The third-order valence-corrected chi connectivity index (χ3v) is 2.75. The Balaban J connectivity index is 2.03. The van der Waals surface area contributed by atoms with Crippen molar-refractivity contribution in [1.29, 1.82) is 0 Å². The van der Waals surface area contributed by atoms with Gasteiger partial charge in [-0.05, 0) is 12.1 Å². The quantitative estimate of drug-likeness (QED) is 0.496. The van der Waals surface area contributed by atoms with Crippen molar-refractivity contribution in [1.82, 2.24) is 0 Å². The van der Waals surface area contributed by atoms with Crippen LogP contribution in [0.3, 0.4) is 0 Å². The molecule has 0 bridgehead atoms. The van der Waals surface area contributed by atoms with Crippen LogP contribution >= 0.6 is 0 Å². The lowest BCUT2D eigenvalue weighted by Gasteiger charge is -2.34. The van der Waals surface area contributed by atoms with Crippen molar-refractivity contribution in [2.45, 2.75) is 24.6 Å². The molecule has 19 heavy (non-hydrogen) atoms. The number of aliphatic hydroxyl groups excluding tert-OH is 3. The highest BCUT2D eigenvalue weighted by Crippen LogP contribution is 2.22. The highest BCUT2D eigenvalue weighted by molar-refractivity contribution is 5.36. The molecule has 3 N–H and O–H groups in total. The summed E-state index contributed by atoms with van der Waals surface area (Å²) in [7, 11) is 0. The highest BCUT2D eigenvalue weighted by atomic mass is 16.7. The third kappa shape index (κ3) is 2.99. The molecule has 104 valence electrons. The van der Waals surface area contributed by atoms with Gasteiger partial charge in [0, 0.05) is 12.1 Å². The second-order valence-corrected chi connectivity index (χ2v) is 4.12. The molecule has 0 amide bonds. The first-order valence-electron chi connectivity index (χ1n) is 5.56. The summed E-state index contributed by atoms with van der Waals surface area (Å²) < 4.78 is 10.3. The molecule has 4 atom stereocenters. The van der Waals surface area contributed by atoms with Crippen LogP contribution in [0.4, 0.5) is 5.69 Å². The highest BCUT2D eigenvalue weighted by Gasteiger charge is 2.38. The number of nitro benzene ring substituents is 1. The van der Waals surface area contributed by atoms with Crippen LogP contribution in [0.2, 0.25) is 0 Å². The van der Waals surface area contributed by atoms with Crippen LogP contribution in [0.5, 0.6) is 5.75 Å². The van der Waals surface area contributed by atoms with E-state index in [2.05, 4.69) is 0 Å². The van der Waals surface area contributed by atoms with E-state index in [0.29, 0.717) is 0 Å². The lowest BCUT2D eigenvalue weighted by molar-refractivity contribution is -0.384. The molecule has 1 aromatic carbocycles. The molecule has 1 aromatic rings. The van der Waals surface area contributed by atoms with Crippen LogP contribution in [0.1, 0.15) is 0 Å². The van der Waals surface area contributed by atoms with Gasteiger partial charge in [0.2, 0.25) is 6.29 Å². The number of aliphatic hydroxyl groups is 3. The van der Waals surface area contributed by atoms with Crippen molar-refractivity contribution in [3.05, 3.63) is 34.4 Å². The number of rotatable bonds is 3. The number of nitrogens with zero attached hydrogens (tertiary/aromatic N) is 1. The maximum Gasteiger partial charge on any atom is 0.269 e. The topological polar surface area (TPSA) is 122 Å². The first kappa shape index (κ1) is 13.7. The average molecular weight is 271 g/mol. The van der Waals surface area contributed by atoms with Gasteiger partial charge in [0.1, 0.15) is 24.1 Å². The van der Waals surface area contributed by atoms with Crippen LogP contribution < -0.4 is 4.74 Å². The molecular formula is C11H13NO7. The van der Waals surface area contributed by atoms with Crippen LogP contribution in [-0.4, -0.2) is 51.5 Å². The lowest BCUT2D eigenvalue weighted by Crippen LogP contribution is -2.54. The van der Waals surface area contributed by atoms with Gasteiger partial charge in [0.05, 0.1) is 11.5 Å². The van der Waals surface area contributed by atoms with Crippen molar-refractivity contribution >= 4 is 5.69 Å². The molecule has 1 unspecified atom stereocenters. The molecule has 1 fully saturated rings. The SMILES string of the molecule is O=[N+]([O-])c1ccc(OC2OC[C@@H](O)[C@@H](O)[C@@H]2O)cc1. The Kier molecular flexibility index (Phi) is 3.96. The molecule has 1 saturated heterocycles. The van der Waals surface area contributed by atoms with Crippen LogP contribution in [0.15, 0.2) is 24.3 Å². The van der Waals surface area contributed by atoms with Crippen LogP contribution in [-0.2, 0) is 4.74 Å². The van der Waals surface area contributed by atoms with Gasteiger partial charge in [-0.25, -0.2) is 0 Å². The average Bonchev–Trinajstić information content (AvgIpc) is 2.40. The smallest absolute Gasteiger partial charge is 0.269 e. The predicted octanol–water partition coefficient (Wildman–Crippen LogP) is -0.587. The molecule has 8 heteroatoms. The normalized spacial score (nSPS) is 30.9. The fraction of sp³-hybridized carbons (Fsp3) is 0.455. The second kappa shape index (κ2) is 5.49. The van der Waals surface area contributed by atoms with Gasteiger partial charge >= 0.3 is 0 Å². The molecule has 1 aliphatic heterocycles. The summed E-state index contributed by atoms with van der Waals surface area (Å²) in [5.74, 6) is 0.248. The van der Waals surface area contributed by atoms with Gasteiger partial charge in [-0.15, -0.1) is 0 Å².